The van der Waals surface area contributed by atoms with Gasteiger partial charge in [-0.1, -0.05) is 17.7 Å². The van der Waals surface area contributed by atoms with Crippen LogP contribution in [0.25, 0.3) is 0 Å². The molecule has 3 aliphatic heterocycles. The minimum Gasteiger partial charge on any atom is -0.478 e. The second-order valence-electron chi connectivity index (χ2n) is 7.96. The number of fused-ring (bicyclic) bond motifs is 5. The van der Waals surface area contributed by atoms with Gasteiger partial charge in [-0.15, -0.1) is 0 Å². The normalized spacial score (nSPS) is 30.1. The summed E-state index contributed by atoms with van der Waals surface area (Å²) in [5, 5.41) is 9.29. The first-order valence-corrected chi connectivity index (χ1v) is 9.95. The number of rotatable bonds is 5. The fraction of sp³-hybridized carbons (Fsp3) is 0.381. The Labute approximate surface area is 186 Å². The van der Waals surface area contributed by atoms with E-state index in [9.17, 15) is 29.1 Å². The molecule has 11 heteroatoms. The minimum atomic E-state index is -1.72. The Morgan fingerprint density at radius 1 is 1.09 bits per heavy atom. The predicted molar refractivity (Wildman–Crippen MR) is 107 cm³/mol. The number of nitrogens with zero attached hydrogens (tertiary/aromatic N) is 1. The van der Waals surface area contributed by atoms with Crippen LogP contribution >= 0.6 is 11.6 Å². The molecule has 10 nitrogen and oxygen atoms in total. The van der Waals surface area contributed by atoms with Gasteiger partial charge in [-0.05, 0) is 31.2 Å². The van der Waals surface area contributed by atoms with Gasteiger partial charge in [0.15, 0.2) is 5.60 Å². The Bertz CT molecular complexity index is 1100. The van der Waals surface area contributed by atoms with Crippen LogP contribution in [0.3, 0.4) is 0 Å². The van der Waals surface area contributed by atoms with E-state index in [0.29, 0.717) is 0 Å². The number of benzene rings is 1. The van der Waals surface area contributed by atoms with Crippen LogP contribution in [0.4, 0.5) is 5.69 Å². The Morgan fingerprint density at radius 3 is 2.25 bits per heavy atom. The van der Waals surface area contributed by atoms with Crippen molar-refractivity contribution in [3.63, 3.8) is 0 Å². The molecule has 3 heterocycles. The highest BCUT2D eigenvalue weighted by atomic mass is 35.5. The summed E-state index contributed by atoms with van der Waals surface area (Å²) >= 11 is 5.91. The van der Waals surface area contributed by atoms with Crippen molar-refractivity contribution in [1.82, 2.24) is 0 Å². The third-order valence-corrected chi connectivity index (χ3v) is 6.16. The minimum absolute atomic E-state index is 0.0193. The number of anilines is 1. The summed E-state index contributed by atoms with van der Waals surface area (Å²) in [6.07, 6.45) is 1.42. The molecule has 2 amide bonds. The van der Waals surface area contributed by atoms with Crippen molar-refractivity contribution in [1.29, 1.82) is 0 Å². The van der Waals surface area contributed by atoms with Crippen molar-refractivity contribution in [2.75, 3.05) is 4.90 Å². The van der Waals surface area contributed by atoms with Crippen molar-refractivity contribution in [2.45, 2.75) is 38.3 Å². The van der Waals surface area contributed by atoms with Crippen LogP contribution in [0.1, 0.15) is 31.1 Å². The summed E-state index contributed by atoms with van der Waals surface area (Å²) in [7, 11) is 0. The number of carbonyl (C=O) groups excluding carboxylic acids is 4. The lowest BCUT2D eigenvalue weighted by atomic mass is 9.72. The number of halogens is 1. The van der Waals surface area contributed by atoms with Crippen LogP contribution in [0.2, 0.25) is 5.02 Å². The Hall–Kier alpha value is -3.24. The highest BCUT2D eigenvalue weighted by Crippen LogP contribution is 2.59. The molecule has 168 valence electrons. The molecule has 0 unspecified atom stereocenters. The number of imide groups is 1. The van der Waals surface area contributed by atoms with Crippen molar-refractivity contribution >= 4 is 47.0 Å². The van der Waals surface area contributed by atoms with Gasteiger partial charge in [0.1, 0.15) is 0 Å². The number of hydrogen-bond acceptors (Lipinski definition) is 8. The maximum atomic E-state index is 13.5. The van der Waals surface area contributed by atoms with Crippen LogP contribution in [-0.2, 0) is 33.4 Å². The summed E-state index contributed by atoms with van der Waals surface area (Å²) in [6, 6.07) is 3.76. The topological polar surface area (TPSA) is 137 Å². The van der Waals surface area contributed by atoms with E-state index in [1.54, 1.807) is 13.0 Å². The molecule has 0 radical (unpaired) electrons. The average molecular weight is 464 g/mol. The molecule has 32 heavy (non-hydrogen) atoms. The van der Waals surface area contributed by atoms with E-state index < -0.39 is 59.1 Å². The van der Waals surface area contributed by atoms with Gasteiger partial charge in [0.05, 0.1) is 33.7 Å². The molecule has 0 saturated carbocycles. The first-order valence-electron chi connectivity index (χ1n) is 9.57. The smallest absolute Gasteiger partial charge is 0.337 e. The third-order valence-electron chi connectivity index (χ3n) is 5.83. The first kappa shape index (κ1) is 22.0. The number of carboxylic acid groups (broad SMARTS) is 1. The molecule has 0 spiro atoms. The van der Waals surface area contributed by atoms with E-state index in [-0.39, 0.29) is 16.3 Å². The molecule has 1 aromatic rings. The van der Waals surface area contributed by atoms with Crippen LogP contribution in [0, 0.1) is 11.8 Å². The second-order valence-corrected chi connectivity index (χ2v) is 8.37. The maximum Gasteiger partial charge on any atom is 0.337 e. The van der Waals surface area contributed by atoms with Crippen LogP contribution in [0.5, 0.6) is 0 Å². The molecular formula is C21H18ClNO9. The lowest BCUT2D eigenvalue weighted by molar-refractivity contribution is -0.231. The Morgan fingerprint density at radius 2 is 1.69 bits per heavy atom. The van der Waals surface area contributed by atoms with Gasteiger partial charge >= 0.3 is 17.9 Å². The molecule has 2 bridgehead atoms. The monoisotopic (exact) mass is 463 g/mol. The summed E-state index contributed by atoms with van der Waals surface area (Å²) in [6.45, 7) is 3.80. The maximum absolute atomic E-state index is 13.5. The fourth-order valence-electron chi connectivity index (χ4n) is 4.63. The van der Waals surface area contributed by atoms with Crippen LogP contribution < -0.4 is 4.90 Å². The lowest BCUT2D eigenvalue weighted by Crippen LogP contribution is -2.52. The zero-order valence-electron chi connectivity index (χ0n) is 17.2. The van der Waals surface area contributed by atoms with Gasteiger partial charge in [0.25, 0.3) is 6.29 Å². The molecule has 1 N–H and O–H groups in total. The van der Waals surface area contributed by atoms with Crippen molar-refractivity contribution < 1.29 is 43.3 Å². The SMILES string of the molecule is CC(=O)OC(OC(C)=O)[C@@]12C=C[C@@](C)(O1)[C@@H]1C(=O)N(c3ccc(Cl)c(C(=O)O)c3)C(=O)[C@H]12. The molecule has 3 aliphatic rings. The van der Waals surface area contributed by atoms with Gasteiger partial charge in [0, 0.05) is 13.8 Å². The molecule has 2 fully saturated rings. The number of ether oxygens (including phenoxy) is 3. The zero-order chi connectivity index (χ0) is 23.6. The molecule has 1 aromatic carbocycles. The summed E-state index contributed by atoms with van der Waals surface area (Å²) in [5.74, 6) is -6.42. The number of esters is 2. The standard InChI is InChI=1S/C21H18ClNO9/c1-9(24)30-19(31-10(2)25)21-7-6-20(3,32-21)14-15(21)17(27)23(16(14)26)11-4-5-13(22)12(8-11)18(28)29/h4-8,14-15,19H,1-3H3,(H,28,29)/t14-,15-,20+,21-/m0/s1. The molecule has 0 aliphatic carbocycles. The van der Waals surface area contributed by atoms with E-state index in [1.165, 1.54) is 18.2 Å². The largest absolute Gasteiger partial charge is 0.478 e. The van der Waals surface area contributed by atoms with E-state index in [0.717, 1.165) is 24.8 Å². The quantitative estimate of drug-likeness (QED) is 0.299. The van der Waals surface area contributed by atoms with Gasteiger partial charge < -0.3 is 19.3 Å². The van der Waals surface area contributed by atoms with E-state index in [1.807, 2.05) is 0 Å². The van der Waals surface area contributed by atoms with E-state index >= 15 is 0 Å². The van der Waals surface area contributed by atoms with Crippen molar-refractivity contribution in [2.24, 2.45) is 11.8 Å². The number of aromatic carboxylic acids is 1. The van der Waals surface area contributed by atoms with Crippen LogP contribution in [-0.4, -0.2) is 52.3 Å². The van der Waals surface area contributed by atoms with E-state index in [4.69, 9.17) is 25.8 Å². The highest BCUT2D eigenvalue weighted by Gasteiger charge is 2.76. The first-order chi connectivity index (χ1) is 14.9. The number of carboxylic acids is 1. The van der Waals surface area contributed by atoms with E-state index in [2.05, 4.69) is 0 Å². The van der Waals surface area contributed by atoms with Gasteiger partial charge in [-0.25, -0.2) is 9.69 Å². The summed E-state index contributed by atoms with van der Waals surface area (Å²) in [5.41, 5.74) is -3.23. The molecule has 0 aromatic heterocycles. The molecular weight excluding hydrogens is 446 g/mol. The summed E-state index contributed by atoms with van der Waals surface area (Å²) in [4.78, 5) is 62.5. The molecule has 4 atom stereocenters. The number of hydrogen-bond donors (Lipinski definition) is 1. The average Bonchev–Trinajstić information content (AvgIpc) is 3.27. The number of carbonyl (C=O) groups is 5. The molecule has 4 rings (SSSR count). The van der Waals surface area contributed by atoms with Gasteiger partial charge in [0.2, 0.25) is 11.8 Å². The van der Waals surface area contributed by atoms with Crippen molar-refractivity contribution in [3.8, 4) is 0 Å². The highest BCUT2D eigenvalue weighted by molar-refractivity contribution is 6.34. The Balaban J connectivity index is 1.80. The van der Waals surface area contributed by atoms with Crippen molar-refractivity contribution in [3.05, 3.63) is 40.9 Å². The Kier molecular flexibility index (Phi) is 4.90. The number of amides is 2. The third kappa shape index (κ3) is 3.01. The lowest BCUT2D eigenvalue weighted by Gasteiger charge is -2.34. The predicted octanol–water partition coefficient (Wildman–Crippen LogP) is 1.69. The van der Waals surface area contributed by atoms with Gasteiger partial charge in [-0.3, -0.25) is 19.2 Å². The fourth-order valence-corrected chi connectivity index (χ4v) is 4.83. The second kappa shape index (κ2) is 7.14. The van der Waals surface area contributed by atoms with Crippen LogP contribution in [0.15, 0.2) is 30.4 Å². The summed E-state index contributed by atoms with van der Waals surface area (Å²) < 4.78 is 16.4. The van der Waals surface area contributed by atoms with Gasteiger partial charge in [-0.2, -0.15) is 0 Å². The zero-order valence-corrected chi connectivity index (χ0v) is 17.9. The molecule has 2 saturated heterocycles.